The second kappa shape index (κ2) is 5.83. The molecule has 0 spiro atoms. The molecule has 108 valence electrons. The molecule has 0 aliphatic rings. The van der Waals surface area contributed by atoms with Crippen LogP contribution in [0, 0.1) is 6.92 Å². The minimum absolute atomic E-state index is 0.209. The van der Waals surface area contributed by atoms with Crippen LogP contribution in [-0.2, 0) is 0 Å². The summed E-state index contributed by atoms with van der Waals surface area (Å²) in [6.07, 6.45) is 1.59. The van der Waals surface area contributed by atoms with Gasteiger partial charge in [0, 0.05) is 10.6 Å². The molecule has 3 rings (SSSR count). The molecule has 0 saturated carbocycles. The van der Waals surface area contributed by atoms with E-state index < -0.39 is 0 Å². The van der Waals surface area contributed by atoms with Gasteiger partial charge in [0.15, 0.2) is 0 Å². The molecule has 0 amide bonds. The fraction of sp³-hybridized carbons (Fsp3) is 0.214. The number of halogens is 1. The van der Waals surface area contributed by atoms with Crippen molar-refractivity contribution in [1.82, 2.24) is 20.2 Å². The Morgan fingerprint density at radius 1 is 1.29 bits per heavy atom. The van der Waals surface area contributed by atoms with Gasteiger partial charge in [0.05, 0.1) is 16.1 Å². The van der Waals surface area contributed by atoms with Gasteiger partial charge in [0.2, 0.25) is 0 Å². The van der Waals surface area contributed by atoms with Gasteiger partial charge in [-0.2, -0.15) is 0 Å². The van der Waals surface area contributed by atoms with Crippen molar-refractivity contribution < 1.29 is 0 Å². The number of nitrogens with zero attached hydrogens (tertiary/aromatic N) is 4. The van der Waals surface area contributed by atoms with E-state index in [4.69, 9.17) is 11.6 Å². The van der Waals surface area contributed by atoms with E-state index in [0.717, 1.165) is 21.3 Å². The van der Waals surface area contributed by atoms with E-state index in [9.17, 15) is 0 Å². The molecule has 7 heteroatoms. The van der Waals surface area contributed by atoms with Crippen LogP contribution in [0.3, 0.4) is 0 Å². The topological polar surface area (TPSA) is 55.6 Å². The molecule has 2 aromatic heterocycles. The number of rotatable bonds is 4. The number of hydrogen-bond donors (Lipinski definition) is 1. The van der Waals surface area contributed by atoms with Crippen LogP contribution in [-0.4, -0.2) is 20.2 Å². The lowest BCUT2D eigenvalue weighted by molar-refractivity contribution is 0.785. The summed E-state index contributed by atoms with van der Waals surface area (Å²) in [5.74, 6) is 0. The van der Waals surface area contributed by atoms with Gasteiger partial charge in [-0.25, -0.2) is 4.68 Å². The molecule has 2 heterocycles. The molecule has 0 bridgehead atoms. The maximum Gasteiger partial charge on any atom is 0.143 e. The van der Waals surface area contributed by atoms with Crippen LogP contribution >= 0.6 is 22.9 Å². The zero-order valence-electron chi connectivity index (χ0n) is 11.6. The summed E-state index contributed by atoms with van der Waals surface area (Å²) in [5, 5.41) is 14.7. The van der Waals surface area contributed by atoms with Crippen molar-refractivity contribution in [3.63, 3.8) is 0 Å². The first kappa shape index (κ1) is 14.0. The standard InChI is InChI=1S/C14H14ClN5S/c1-9-7-11(3-4-12(9)20-8-16-18-19-20)17-10(2)13-5-6-14(15)21-13/h3-8,10,17H,1-2H3. The highest BCUT2D eigenvalue weighted by molar-refractivity contribution is 7.16. The van der Waals surface area contributed by atoms with E-state index in [2.05, 4.69) is 33.8 Å². The lowest BCUT2D eigenvalue weighted by atomic mass is 10.1. The van der Waals surface area contributed by atoms with Gasteiger partial charge in [-0.05, 0) is 60.2 Å². The average Bonchev–Trinajstić information content (AvgIpc) is 3.10. The molecule has 21 heavy (non-hydrogen) atoms. The quantitative estimate of drug-likeness (QED) is 0.793. The Labute approximate surface area is 131 Å². The van der Waals surface area contributed by atoms with Crippen molar-refractivity contribution in [3.8, 4) is 5.69 Å². The third-order valence-corrected chi connectivity index (χ3v) is 4.61. The van der Waals surface area contributed by atoms with Crippen molar-refractivity contribution in [2.24, 2.45) is 0 Å². The van der Waals surface area contributed by atoms with Gasteiger partial charge >= 0.3 is 0 Å². The Hall–Kier alpha value is -1.92. The minimum atomic E-state index is 0.209. The molecular weight excluding hydrogens is 306 g/mol. The Balaban J connectivity index is 1.79. The number of hydrogen-bond acceptors (Lipinski definition) is 5. The molecule has 0 radical (unpaired) electrons. The molecule has 1 N–H and O–H groups in total. The van der Waals surface area contributed by atoms with Gasteiger partial charge in [-0.1, -0.05) is 11.6 Å². The Bertz CT molecular complexity index is 738. The third-order valence-electron chi connectivity index (χ3n) is 3.20. The third kappa shape index (κ3) is 3.06. The van der Waals surface area contributed by atoms with E-state index in [-0.39, 0.29) is 6.04 Å². The molecule has 0 fully saturated rings. The highest BCUT2D eigenvalue weighted by Gasteiger charge is 2.09. The summed E-state index contributed by atoms with van der Waals surface area (Å²) in [7, 11) is 0. The molecule has 3 aromatic rings. The van der Waals surface area contributed by atoms with Crippen molar-refractivity contribution in [2.45, 2.75) is 19.9 Å². The number of thiophene rings is 1. The largest absolute Gasteiger partial charge is 0.378 e. The monoisotopic (exact) mass is 319 g/mol. The average molecular weight is 320 g/mol. The molecular formula is C14H14ClN5S. The van der Waals surface area contributed by atoms with Crippen molar-refractivity contribution in [3.05, 3.63) is 51.4 Å². The van der Waals surface area contributed by atoms with Gasteiger partial charge < -0.3 is 5.32 Å². The van der Waals surface area contributed by atoms with Crippen LogP contribution in [0.25, 0.3) is 5.69 Å². The summed E-state index contributed by atoms with van der Waals surface area (Å²) in [5.41, 5.74) is 3.13. The van der Waals surface area contributed by atoms with Crippen LogP contribution in [0.2, 0.25) is 4.34 Å². The summed E-state index contributed by atoms with van der Waals surface area (Å²) < 4.78 is 2.46. The highest BCUT2D eigenvalue weighted by atomic mass is 35.5. The van der Waals surface area contributed by atoms with Crippen LogP contribution in [0.15, 0.2) is 36.7 Å². The number of tetrazole rings is 1. The summed E-state index contributed by atoms with van der Waals surface area (Å²) >= 11 is 7.57. The first-order valence-electron chi connectivity index (χ1n) is 6.49. The summed E-state index contributed by atoms with van der Waals surface area (Å²) in [4.78, 5) is 1.21. The second-order valence-corrected chi connectivity index (χ2v) is 6.51. The molecule has 1 unspecified atom stereocenters. The predicted octanol–water partition coefficient (Wildman–Crippen LogP) is 3.86. The molecule has 0 aliphatic heterocycles. The minimum Gasteiger partial charge on any atom is -0.378 e. The SMILES string of the molecule is Cc1cc(NC(C)c2ccc(Cl)s2)ccc1-n1cnnn1. The van der Waals surface area contributed by atoms with Crippen LogP contribution in [0.1, 0.15) is 23.4 Å². The lowest BCUT2D eigenvalue weighted by Gasteiger charge is -2.15. The van der Waals surface area contributed by atoms with E-state index in [1.807, 2.05) is 31.2 Å². The first-order chi connectivity index (χ1) is 10.1. The van der Waals surface area contributed by atoms with Gasteiger partial charge in [0.25, 0.3) is 0 Å². The number of nitrogens with one attached hydrogen (secondary N) is 1. The fourth-order valence-electron chi connectivity index (χ4n) is 2.16. The second-order valence-electron chi connectivity index (χ2n) is 4.76. The smallest absolute Gasteiger partial charge is 0.143 e. The summed E-state index contributed by atoms with van der Waals surface area (Å²) in [6.45, 7) is 4.15. The first-order valence-corrected chi connectivity index (χ1v) is 7.69. The van der Waals surface area contributed by atoms with E-state index in [1.165, 1.54) is 4.88 Å². The maximum atomic E-state index is 5.98. The number of aromatic nitrogens is 4. The molecule has 0 aliphatic carbocycles. The number of benzene rings is 1. The van der Waals surface area contributed by atoms with Crippen molar-refractivity contribution >= 4 is 28.6 Å². The zero-order valence-corrected chi connectivity index (χ0v) is 13.2. The number of aryl methyl sites for hydroxylation is 1. The van der Waals surface area contributed by atoms with Gasteiger partial charge in [-0.15, -0.1) is 16.4 Å². The molecule has 1 atom stereocenters. The zero-order chi connectivity index (χ0) is 14.8. The van der Waals surface area contributed by atoms with Crippen LogP contribution < -0.4 is 5.32 Å². The molecule has 5 nitrogen and oxygen atoms in total. The maximum absolute atomic E-state index is 5.98. The van der Waals surface area contributed by atoms with Gasteiger partial charge in [0.1, 0.15) is 6.33 Å². The van der Waals surface area contributed by atoms with Crippen molar-refractivity contribution in [1.29, 1.82) is 0 Å². The van der Waals surface area contributed by atoms with Crippen LogP contribution in [0.4, 0.5) is 5.69 Å². The van der Waals surface area contributed by atoms with E-state index in [0.29, 0.717) is 0 Å². The number of anilines is 1. The summed E-state index contributed by atoms with van der Waals surface area (Å²) in [6, 6.07) is 10.3. The van der Waals surface area contributed by atoms with Crippen molar-refractivity contribution in [2.75, 3.05) is 5.32 Å². The predicted molar refractivity (Wildman–Crippen MR) is 85.3 cm³/mol. The molecule has 0 saturated heterocycles. The Morgan fingerprint density at radius 3 is 2.76 bits per heavy atom. The van der Waals surface area contributed by atoms with Gasteiger partial charge in [-0.3, -0.25) is 0 Å². The van der Waals surface area contributed by atoms with E-state index in [1.54, 1.807) is 22.3 Å². The fourth-order valence-corrected chi connectivity index (χ4v) is 3.22. The van der Waals surface area contributed by atoms with Crippen LogP contribution in [0.5, 0.6) is 0 Å². The highest BCUT2D eigenvalue weighted by Crippen LogP contribution is 2.29. The Kier molecular flexibility index (Phi) is 3.90. The molecule has 1 aromatic carbocycles. The van der Waals surface area contributed by atoms with E-state index >= 15 is 0 Å². The Morgan fingerprint density at radius 2 is 2.14 bits per heavy atom. The normalized spacial score (nSPS) is 12.3. The lowest BCUT2D eigenvalue weighted by Crippen LogP contribution is -2.06.